The Labute approximate surface area is 144 Å². The van der Waals surface area contributed by atoms with Crippen molar-refractivity contribution in [3.8, 4) is 5.75 Å². The summed E-state index contributed by atoms with van der Waals surface area (Å²) in [4.78, 5) is 25.1. The minimum atomic E-state index is -0.622. The average Bonchev–Trinajstić information content (AvgIpc) is 2.97. The van der Waals surface area contributed by atoms with Gasteiger partial charge in [0, 0.05) is 16.7 Å². The van der Waals surface area contributed by atoms with Crippen molar-refractivity contribution < 1.29 is 9.90 Å². The maximum Gasteiger partial charge on any atom is 0.267 e. The Hall–Kier alpha value is -2.12. The molecule has 118 valence electrons. The molecule has 0 aliphatic heterocycles. The van der Waals surface area contributed by atoms with Crippen LogP contribution in [0.3, 0.4) is 0 Å². The number of carbonyl (C=O) groups is 1. The first kappa shape index (κ1) is 15.8. The van der Waals surface area contributed by atoms with Gasteiger partial charge in [-0.3, -0.25) is 9.59 Å². The highest BCUT2D eigenvalue weighted by Crippen LogP contribution is 2.31. The van der Waals surface area contributed by atoms with Crippen LogP contribution in [-0.2, 0) is 6.54 Å². The Morgan fingerprint density at radius 1 is 1.39 bits per heavy atom. The molecule has 23 heavy (non-hydrogen) atoms. The summed E-state index contributed by atoms with van der Waals surface area (Å²) in [6.07, 6.45) is 0. The van der Waals surface area contributed by atoms with Gasteiger partial charge in [-0.25, -0.2) is 0 Å². The maximum absolute atomic E-state index is 12.6. The van der Waals surface area contributed by atoms with Crippen LogP contribution in [0.25, 0.3) is 10.2 Å². The molecule has 1 amide bonds. The number of nitrogens with zero attached hydrogens (tertiary/aromatic N) is 1. The molecule has 0 radical (unpaired) electrons. The van der Waals surface area contributed by atoms with Crippen LogP contribution in [0, 0.1) is 0 Å². The van der Waals surface area contributed by atoms with Crippen molar-refractivity contribution in [1.82, 2.24) is 4.57 Å². The van der Waals surface area contributed by atoms with Gasteiger partial charge in [0.05, 0.1) is 10.2 Å². The second-order valence-electron chi connectivity index (χ2n) is 4.87. The Morgan fingerprint density at radius 3 is 2.87 bits per heavy atom. The number of aryl methyl sites for hydroxylation is 1. The molecule has 0 bridgehead atoms. The minimum Gasteiger partial charge on any atom is -0.505 e. The zero-order chi connectivity index (χ0) is 16.6. The number of hydrogen-bond donors (Lipinski definition) is 2. The van der Waals surface area contributed by atoms with Gasteiger partial charge >= 0.3 is 0 Å². The minimum absolute atomic E-state index is 0.234. The number of thiophene rings is 1. The summed E-state index contributed by atoms with van der Waals surface area (Å²) in [5.41, 5.74) is 0.446. The summed E-state index contributed by atoms with van der Waals surface area (Å²) in [5.74, 6) is -0.889. The van der Waals surface area contributed by atoms with Gasteiger partial charge < -0.3 is 15.0 Å². The van der Waals surface area contributed by atoms with Crippen LogP contribution in [0.5, 0.6) is 5.75 Å². The lowest BCUT2D eigenvalue weighted by Gasteiger charge is -2.11. The lowest BCUT2D eigenvalue weighted by Crippen LogP contribution is -2.29. The molecule has 0 fully saturated rings. The lowest BCUT2D eigenvalue weighted by atomic mass is 10.2. The highest BCUT2D eigenvalue weighted by molar-refractivity contribution is 9.10. The third-order valence-electron chi connectivity index (χ3n) is 3.47. The number of fused-ring (bicyclic) bond motifs is 1. The number of aromatic hydroxyl groups is 1. The molecule has 1 aromatic carbocycles. The molecule has 0 spiro atoms. The first-order valence-corrected chi connectivity index (χ1v) is 8.60. The molecule has 0 aliphatic rings. The van der Waals surface area contributed by atoms with Gasteiger partial charge in [0.2, 0.25) is 0 Å². The monoisotopic (exact) mass is 392 g/mol. The molecule has 5 nitrogen and oxygen atoms in total. The zero-order valence-corrected chi connectivity index (χ0v) is 14.6. The largest absolute Gasteiger partial charge is 0.505 e. The van der Waals surface area contributed by atoms with Gasteiger partial charge in [0.15, 0.2) is 5.75 Å². The van der Waals surface area contributed by atoms with E-state index in [1.54, 1.807) is 29.6 Å². The molecule has 0 atom stereocenters. The molecule has 2 N–H and O–H groups in total. The standard InChI is InChI=1S/C16H13BrN2O3S/c1-2-19-11-6-7-23-14(11)13(20)12(16(19)22)15(21)18-10-5-3-4-9(17)8-10/h3-8,20H,2H2,1H3,(H,18,21). The van der Waals surface area contributed by atoms with E-state index in [2.05, 4.69) is 21.2 Å². The number of nitrogens with one attached hydrogen (secondary N) is 1. The number of pyridine rings is 1. The summed E-state index contributed by atoms with van der Waals surface area (Å²) >= 11 is 4.62. The quantitative estimate of drug-likeness (QED) is 0.711. The van der Waals surface area contributed by atoms with Crippen LogP contribution in [0.4, 0.5) is 5.69 Å². The lowest BCUT2D eigenvalue weighted by molar-refractivity contribution is 0.102. The van der Waals surface area contributed by atoms with E-state index in [0.29, 0.717) is 22.4 Å². The van der Waals surface area contributed by atoms with E-state index in [9.17, 15) is 14.7 Å². The van der Waals surface area contributed by atoms with Crippen molar-refractivity contribution in [3.63, 3.8) is 0 Å². The fraction of sp³-hybridized carbons (Fsp3) is 0.125. The van der Waals surface area contributed by atoms with E-state index in [1.165, 1.54) is 15.9 Å². The molecule has 3 aromatic rings. The van der Waals surface area contributed by atoms with E-state index >= 15 is 0 Å². The number of aromatic nitrogens is 1. The second-order valence-corrected chi connectivity index (χ2v) is 6.70. The van der Waals surface area contributed by atoms with Crippen LogP contribution >= 0.6 is 27.3 Å². The molecule has 0 saturated heterocycles. The number of anilines is 1. The number of hydrogen-bond acceptors (Lipinski definition) is 4. The van der Waals surface area contributed by atoms with Crippen LogP contribution in [0.2, 0.25) is 0 Å². The SMILES string of the molecule is CCn1c(=O)c(C(=O)Nc2cccc(Br)c2)c(O)c2sccc21. The normalized spacial score (nSPS) is 10.9. The fourth-order valence-electron chi connectivity index (χ4n) is 2.43. The topological polar surface area (TPSA) is 71.3 Å². The Kier molecular flexibility index (Phi) is 4.23. The molecule has 0 aliphatic carbocycles. The summed E-state index contributed by atoms with van der Waals surface area (Å²) in [6, 6.07) is 8.79. The summed E-state index contributed by atoms with van der Waals surface area (Å²) in [7, 11) is 0. The van der Waals surface area contributed by atoms with Crippen molar-refractivity contribution in [2.75, 3.05) is 5.32 Å². The van der Waals surface area contributed by atoms with E-state index in [-0.39, 0.29) is 11.3 Å². The van der Waals surface area contributed by atoms with Gasteiger partial charge in [-0.15, -0.1) is 11.3 Å². The van der Waals surface area contributed by atoms with E-state index in [0.717, 1.165) is 4.47 Å². The fourth-order valence-corrected chi connectivity index (χ4v) is 3.67. The van der Waals surface area contributed by atoms with Crippen LogP contribution in [0.15, 0.2) is 45.0 Å². The molecule has 7 heteroatoms. The third kappa shape index (κ3) is 2.77. The Bertz CT molecular complexity index is 962. The van der Waals surface area contributed by atoms with Crippen molar-refractivity contribution in [1.29, 1.82) is 0 Å². The highest BCUT2D eigenvalue weighted by Gasteiger charge is 2.22. The van der Waals surface area contributed by atoms with Gasteiger partial charge in [0.1, 0.15) is 5.56 Å². The highest BCUT2D eigenvalue weighted by atomic mass is 79.9. The average molecular weight is 393 g/mol. The van der Waals surface area contributed by atoms with Crippen LogP contribution < -0.4 is 10.9 Å². The predicted octanol–water partition coefficient (Wildman–Crippen LogP) is 3.80. The van der Waals surface area contributed by atoms with Crippen LogP contribution in [0.1, 0.15) is 17.3 Å². The number of rotatable bonds is 3. The van der Waals surface area contributed by atoms with E-state index in [1.807, 2.05) is 13.0 Å². The van der Waals surface area contributed by atoms with Gasteiger partial charge in [-0.2, -0.15) is 0 Å². The molecular weight excluding hydrogens is 380 g/mol. The zero-order valence-electron chi connectivity index (χ0n) is 12.2. The van der Waals surface area contributed by atoms with Gasteiger partial charge in [-0.1, -0.05) is 22.0 Å². The number of amides is 1. The number of carbonyl (C=O) groups excluding carboxylic acids is 1. The summed E-state index contributed by atoms with van der Waals surface area (Å²) < 4.78 is 2.83. The second kappa shape index (κ2) is 6.17. The Balaban J connectivity index is 2.12. The molecule has 2 heterocycles. The van der Waals surface area contributed by atoms with Crippen molar-refractivity contribution in [3.05, 3.63) is 56.1 Å². The maximum atomic E-state index is 12.6. The predicted molar refractivity (Wildman–Crippen MR) is 95.5 cm³/mol. The third-order valence-corrected chi connectivity index (χ3v) is 4.88. The van der Waals surface area contributed by atoms with Crippen LogP contribution in [-0.4, -0.2) is 15.6 Å². The number of halogens is 1. The summed E-state index contributed by atoms with van der Waals surface area (Å²) in [5, 5.41) is 14.8. The van der Waals surface area contributed by atoms with E-state index in [4.69, 9.17) is 0 Å². The van der Waals surface area contributed by atoms with E-state index < -0.39 is 11.5 Å². The number of benzene rings is 1. The molecule has 2 aromatic heterocycles. The summed E-state index contributed by atoms with van der Waals surface area (Å²) in [6.45, 7) is 2.25. The molecule has 0 saturated carbocycles. The van der Waals surface area contributed by atoms with Gasteiger partial charge in [-0.05, 0) is 36.6 Å². The van der Waals surface area contributed by atoms with Gasteiger partial charge in [0.25, 0.3) is 11.5 Å². The molecule has 3 rings (SSSR count). The Morgan fingerprint density at radius 2 is 2.17 bits per heavy atom. The van der Waals surface area contributed by atoms with Crippen molar-refractivity contribution in [2.24, 2.45) is 0 Å². The smallest absolute Gasteiger partial charge is 0.267 e. The first-order chi connectivity index (χ1) is 11.0. The van der Waals surface area contributed by atoms with Crippen molar-refractivity contribution in [2.45, 2.75) is 13.5 Å². The molecule has 0 unspecified atom stereocenters. The van der Waals surface area contributed by atoms with Crippen molar-refractivity contribution >= 4 is 49.1 Å². The first-order valence-electron chi connectivity index (χ1n) is 6.92. The molecular formula is C16H13BrN2O3S.